The Morgan fingerprint density at radius 1 is 1.56 bits per heavy atom. The number of hydrogen-bond acceptors (Lipinski definition) is 5. The van der Waals surface area contributed by atoms with E-state index in [-0.39, 0.29) is 24.3 Å². The van der Waals surface area contributed by atoms with Crippen molar-refractivity contribution in [1.29, 1.82) is 0 Å². The van der Waals surface area contributed by atoms with Gasteiger partial charge in [-0.15, -0.1) is 0 Å². The fourth-order valence-corrected chi connectivity index (χ4v) is 1.40. The number of pyridine rings is 1. The average molecular weight is 261 g/mol. The maximum absolute atomic E-state index is 12.5. The van der Waals surface area contributed by atoms with E-state index in [1.54, 1.807) is 6.92 Å². The van der Waals surface area contributed by atoms with Crippen LogP contribution in [-0.2, 0) is 16.0 Å². The average Bonchev–Trinajstić information content (AvgIpc) is 2.31. The van der Waals surface area contributed by atoms with Gasteiger partial charge in [0.2, 0.25) is 0 Å². The molecule has 1 N–H and O–H groups in total. The minimum absolute atomic E-state index is 0.0544. The summed E-state index contributed by atoms with van der Waals surface area (Å²) < 4.78 is 34.7. The SMILES string of the molecule is CCOC(=O)Cc1c(OC)cnc(C(F)F)c1O. The number of rotatable bonds is 5. The summed E-state index contributed by atoms with van der Waals surface area (Å²) in [5.74, 6) is -1.32. The molecule has 0 aliphatic rings. The summed E-state index contributed by atoms with van der Waals surface area (Å²) in [5.41, 5.74) is -0.837. The number of aromatic hydroxyl groups is 1. The molecule has 0 atom stereocenters. The number of halogens is 2. The molecule has 1 heterocycles. The first kappa shape index (κ1) is 14.1. The third-order valence-electron chi connectivity index (χ3n) is 2.20. The molecule has 0 aliphatic carbocycles. The predicted octanol–water partition coefficient (Wildman–Crippen LogP) is 1.84. The number of aromatic nitrogens is 1. The van der Waals surface area contributed by atoms with E-state index in [4.69, 9.17) is 4.74 Å². The van der Waals surface area contributed by atoms with E-state index in [0.717, 1.165) is 6.20 Å². The van der Waals surface area contributed by atoms with Gasteiger partial charge in [0.25, 0.3) is 6.43 Å². The van der Waals surface area contributed by atoms with Crippen LogP contribution in [0.1, 0.15) is 24.6 Å². The second-order valence-corrected chi connectivity index (χ2v) is 3.32. The van der Waals surface area contributed by atoms with Crippen LogP contribution in [0, 0.1) is 0 Å². The van der Waals surface area contributed by atoms with Gasteiger partial charge in [-0.2, -0.15) is 0 Å². The van der Waals surface area contributed by atoms with Crippen molar-refractivity contribution in [3.05, 3.63) is 17.5 Å². The van der Waals surface area contributed by atoms with Gasteiger partial charge in [-0.1, -0.05) is 0 Å². The first-order valence-electron chi connectivity index (χ1n) is 5.19. The van der Waals surface area contributed by atoms with Crippen molar-refractivity contribution in [1.82, 2.24) is 4.98 Å². The summed E-state index contributed by atoms with van der Waals surface area (Å²) in [5, 5.41) is 9.66. The van der Waals surface area contributed by atoms with Gasteiger partial charge in [-0.25, -0.2) is 13.8 Å². The second-order valence-electron chi connectivity index (χ2n) is 3.32. The molecule has 100 valence electrons. The zero-order valence-electron chi connectivity index (χ0n) is 9.94. The lowest BCUT2D eigenvalue weighted by molar-refractivity contribution is -0.142. The largest absolute Gasteiger partial charge is 0.505 e. The monoisotopic (exact) mass is 261 g/mol. The van der Waals surface area contributed by atoms with Crippen LogP contribution in [-0.4, -0.2) is 29.8 Å². The van der Waals surface area contributed by atoms with Crippen molar-refractivity contribution < 1.29 is 28.2 Å². The molecule has 0 saturated heterocycles. The predicted molar refractivity (Wildman–Crippen MR) is 57.7 cm³/mol. The topological polar surface area (TPSA) is 68.7 Å². The number of ether oxygens (including phenoxy) is 2. The number of alkyl halides is 2. The Balaban J connectivity index is 3.13. The fourth-order valence-electron chi connectivity index (χ4n) is 1.40. The molecular weight excluding hydrogens is 248 g/mol. The minimum atomic E-state index is -2.93. The maximum atomic E-state index is 12.5. The summed E-state index contributed by atoms with van der Waals surface area (Å²) in [6.07, 6.45) is -2.25. The lowest BCUT2D eigenvalue weighted by Gasteiger charge is -2.12. The Morgan fingerprint density at radius 3 is 2.72 bits per heavy atom. The molecule has 0 aliphatic heterocycles. The minimum Gasteiger partial charge on any atom is -0.505 e. The van der Waals surface area contributed by atoms with Crippen LogP contribution < -0.4 is 4.74 Å². The standard InChI is InChI=1S/C11H13F2NO4/c1-3-18-8(15)4-6-7(17-2)5-14-9(10(6)16)11(12)13/h5,11,16H,3-4H2,1-2H3. The van der Waals surface area contributed by atoms with Crippen molar-refractivity contribution in [3.63, 3.8) is 0 Å². The highest BCUT2D eigenvalue weighted by Gasteiger charge is 2.23. The molecule has 7 heteroatoms. The molecule has 0 radical (unpaired) electrons. The molecule has 0 bridgehead atoms. The van der Waals surface area contributed by atoms with Crippen molar-refractivity contribution >= 4 is 5.97 Å². The molecule has 0 aromatic carbocycles. The highest BCUT2D eigenvalue weighted by Crippen LogP contribution is 2.34. The van der Waals surface area contributed by atoms with Crippen molar-refractivity contribution in [2.75, 3.05) is 13.7 Å². The Hall–Kier alpha value is -1.92. The van der Waals surface area contributed by atoms with Gasteiger partial charge in [0.15, 0.2) is 0 Å². The smallest absolute Gasteiger partial charge is 0.310 e. The van der Waals surface area contributed by atoms with E-state index in [2.05, 4.69) is 9.72 Å². The number of hydrogen-bond donors (Lipinski definition) is 1. The summed E-state index contributed by atoms with van der Waals surface area (Å²) in [6.45, 7) is 1.78. The van der Waals surface area contributed by atoms with Gasteiger partial charge < -0.3 is 14.6 Å². The van der Waals surface area contributed by atoms with E-state index in [0.29, 0.717) is 0 Å². The first-order chi connectivity index (χ1) is 8.51. The zero-order valence-corrected chi connectivity index (χ0v) is 9.94. The molecule has 5 nitrogen and oxygen atoms in total. The van der Waals surface area contributed by atoms with Crippen molar-refractivity contribution in [2.24, 2.45) is 0 Å². The molecule has 1 aromatic heterocycles. The number of carbonyl (C=O) groups is 1. The van der Waals surface area contributed by atoms with Crippen LogP contribution in [0.2, 0.25) is 0 Å². The molecule has 0 saturated carbocycles. The summed E-state index contributed by atoms with van der Waals surface area (Å²) in [4.78, 5) is 14.7. The highest BCUT2D eigenvalue weighted by molar-refractivity contribution is 5.75. The second kappa shape index (κ2) is 6.13. The van der Waals surface area contributed by atoms with Gasteiger partial charge in [0.05, 0.1) is 31.9 Å². The van der Waals surface area contributed by atoms with Gasteiger partial charge in [0, 0.05) is 0 Å². The third kappa shape index (κ3) is 3.06. The van der Waals surface area contributed by atoms with Gasteiger partial charge in [-0.3, -0.25) is 4.79 Å². The van der Waals surface area contributed by atoms with Crippen LogP contribution in [0.15, 0.2) is 6.20 Å². The number of nitrogens with zero attached hydrogens (tertiary/aromatic N) is 1. The molecular formula is C11H13F2NO4. The van der Waals surface area contributed by atoms with Gasteiger partial charge in [-0.05, 0) is 6.92 Å². The molecule has 0 spiro atoms. The van der Waals surface area contributed by atoms with Crippen LogP contribution in [0.25, 0.3) is 0 Å². The van der Waals surface area contributed by atoms with E-state index in [1.165, 1.54) is 7.11 Å². The van der Waals surface area contributed by atoms with Gasteiger partial charge in [0.1, 0.15) is 17.2 Å². The molecule has 18 heavy (non-hydrogen) atoms. The van der Waals surface area contributed by atoms with E-state index >= 15 is 0 Å². The van der Waals surface area contributed by atoms with Crippen molar-refractivity contribution in [2.45, 2.75) is 19.8 Å². The third-order valence-corrected chi connectivity index (χ3v) is 2.20. The summed E-state index contributed by atoms with van der Waals surface area (Å²) >= 11 is 0. The van der Waals surface area contributed by atoms with Crippen LogP contribution >= 0.6 is 0 Å². The number of methoxy groups -OCH3 is 1. The lowest BCUT2D eigenvalue weighted by Crippen LogP contribution is -2.10. The van der Waals surface area contributed by atoms with E-state index < -0.39 is 23.8 Å². The number of carbonyl (C=O) groups excluding carboxylic acids is 1. The summed E-state index contributed by atoms with van der Waals surface area (Å²) in [7, 11) is 1.28. The Morgan fingerprint density at radius 2 is 2.22 bits per heavy atom. The Kier molecular flexibility index (Phi) is 4.82. The molecule has 0 amide bonds. The number of esters is 1. The normalized spacial score (nSPS) is 10.5. The fraction of sp³-hybridized carbons (Fsp3) is 0.455. The maximum Gasteiger partial charge on any atom is 0.310 e. The molecule has 1 rings (SSSR count). The molecule has 1 aromatic rings. The lowest BCUT2D eigenvalue weighted by atomic mass is 10.1. The van der Waals surface area contributed by atoms with E-state index in [9.17, 15) is 18.7 Å². The van der Waals surface area contributed by atoms with Gasteiger partial charge >= 0.3 is 5.97 Å². The summed E-state index contributed by atoms with van der Waals surface area (Å²) in [6, 6.07) is 0. The quantitative estimate of drug-likeness (QED) is 0.819. The molecule has 0 fully saturated rings. The van der Waals surface area contributed by atoms with E-state index in [1.807, 2.05) is 0 Å². The van der Waals surface area contributed by atoms with Crippen LogP contribution in [0.4, 0.5) is 8.78 Å². The first-order valence-corrected chi connectivity index (χ1v) is 5.19. The van der Waals surface area contributed by atoms with Crippen LogP contribution in [0.5, 0.6) is 11.5 Å². The van der Waals surface area contributed by atoms with Crippen LogP contribution in [0.3, 0.4) is 0 Å². The zero-order chi connectivity index (χ0) is 13.7. The Bertz CT molecular complexity index is 437. The van der Waals surface area contributed by atoms with Crippen molar-refractivity contribution in [3.8, 4) is 11.5 Å². The molecule has 0 unspecified atom stereocenters. The Labute approximate surface area is 102 Å². The highest BCUT2D eigenvalue weighted by atomic mass is 19.3.